The number of likely N-dealkylation sites (tertiary alicyclic amines) is 1. The van der Waals surface area contributed by atoms with E-state index in [1.807, 2.05) is 12.1 Å². The SMILES string of the molecule is COc1cc(C2CCN(CCF)C(=O)C2)ccc1N. The molecular formula is C14H19FN2O2. The second-order valence-corrected chi connectivity index (χ2v) is 4.76. The van der Waals surface area contributed by atoms with E-state index in [-0.39, 0.29) is 18.4 Å². The molecule has 1 aliphatic heterocycles. The van der Waals surface area contributed by atoms with E-state index >= 15 is 0 Å². The number of piperidine rings is 1. The van der Waals surface area contributed by atoms with Crippen LogP contribution in [0.25, 0.3) is 0 Å². The molecule has 0 bridgehead atoms. The molecule has 104 valence electrons. The fourth-order valence-electron chi connectivity index (χ4n) is 2.48. The van der Waals surface area contributed by atoms with Gasteiger partial charge in [-0.05, 0) is 30.0 Å². The number of carbonyl (C=O) groups is 1. The molecule has 1 saturated heterocycles. The van der Waals surface area contributed by atoms with Gasteiger partial charge < -0.3 is 15.4 Å². The van der Waals surface area contributed by atoms with Crippen LogP contribution in [0.3, 0.4) is 0 Å². The molecule has 1 unspecified atom stereocenters. The van der Waals surface area contributed by atoms with Crippen LogP contribution in [0.1, 0.15) is 24.3 Å². The van der Waals surface area contributed by atoms with Crippen LogP contribution in [0.15, 0.2) is 18.2 Å². The van der Waals surface area contributed by atoms with Gasteiger partial charge in [0.2, 0.25) is 5.91 Å². The number of halogens is 1. The number of ether oxygens (including phenoxy) is 1. The number of nitrogens with two attached hydrogens (primary N) is 1. The van der Waals surface area contributed by atoms with Crippen molar-refractivity contribution >= 4 is 11.6 Å². The van der Waals surface area contributed by atoms with Gasteiger partial charge in [-0.2, -0.15) is 0 Å². The zero-order chi connectivity index (χ0) is 13.8. The van der Waals surface area contributed by atoms with E-state index < -0.39 is 6.67 Å². The van der Waals surface area contributed by atoms with Gasteiger partial charge >= 0.3 is 0 Å². The summed E-state index contributed by atoms with van der Waals surface area (Å²) >= 11 is 0. The van der Waals surface area contributed by atoms with Crippen molar-refractivity contribution in [2.24, 2.45) is 0 Å². The van der Waals surface area contributed by atoms with Crippen LogP contribution in [-0.4, -0.2) is 37.7 Å². The molecule has 1 fully saturated rings. The van der Waals surface area contributed by atoms with Crippen molar-refractivity contribution in [3.8, 4) is 5.75 Å². The van der Waals surface area contributed by atoms with Gasteiger partial charge in [0, 0.05) is 19.5 Å². The van der Waals surface area contributed by atoms with Crippen LogP contribution in [0.2, 0.25) is 0 Å². The zero-order valence-electron chi connectivity index (χ0n) is 11.1. The van der Waals surface area contributed by atoms with Gasteiger partial charge in [0.25, 0.3) is 0 Å². The van der Waals surface area contributed by atoms with Gasteiger partial charge in [-0.3, -0.25) is 4.79 Å². The predicted octanol–water partition coefficient (Wildman–Crippen LogP) is 1.95. The topological polar surface area (TPSA) is 55.6 Å². The smallest absolute Gasteiger partial charge is 0.223 e. The molecule has 0 saturated carbocycles. The maximum absolute atomic E-state index is 12.3. The number of nitrogens with zero attached hydrogens (tertiary/aromatic N) is 1. The van der Waals surface area contributed by atoms with Gasteiger partial charge in [0.1, 0.15) is 12.4 Å². The maximum atomic E-state index is 12.3. The Morgan fingerprint density at radius 1 is 1.53 bits per heavy atom. The van der Waals surface area contributed by atoms with Gasteiger partial charge in [-0.15, -0.1) is 0 Å². The number of amides is 1. The molecule has 2 N–H and O–H groups in total. The third-order valence-electron chi connectivity index (χ3n) is 3.60. The molecule has 2 rings (SSSR count). The molecule has 0 aromatic heterocycles. The molecule has 1 aromatic carbocycles. The number of alkyl halides is 1. The molecule has 0 spiro atoms. The number of carbonyl (C=O) groups excluding carboxylic acids is 1. The molecule has 1 heterocycles. The predicted molar refractivity (Wildman–Crippen MR) is 71.9 cm³/mol. The van der Waals surface area contributed by atoms with Gasteiger partial charge in [-0.25, -0.2) is 4.39 Å². The Kier molecular flexibility index (Phi) is 4.24. The summed E-state index contributed by atoms with van der Waals surface area (Å²) in [6, 6.07) is 5.62. The molecule has 1 aliphatic rings. The fraction of sp³-hybridized carbons (Fsp3) is 0.500. The quantitative estimate of drug-likeness (QED) is 0.847. The van der Waals surface area contributed by atoms with E-state index in [0.717, 1.165) is 12.0 Å². The van der Waals surface area contributed by atoms with E-state index in [1.54, 1.807) is 18.1 Å². The van der Waals surface area contributed by atoms with Crippen molar-refractivity contribution in [1.82, 2.24) is 4.90 Å². The lowest BCUT2D eigenvalue weighted by Crippen LogP contribution is -2.39. The molecule has 19 heavy (non-hydrogen) atoms. The zero-order valence-corrected chi connectivity index (χ0v) is 11.1. The van der Waals surface area contributed by atoms with Crippen LogP contribution in [0, 0.1) is 0 Å². The Morgan fingerprint density at radius 3 is 2.95 bits per heavy atom. The Morgan fingerprint density at radius 2 is 2.32 bits per heavy atom. The average Bonchev–Trinajstić information content (AvgIpc) is 2.42. The van der Waals surface area contributed by atoms with E-state index in [2.05, 4.69) is 0 Å². The Hall–Kier alpha value is -1.78. The summed E-state index contributed by atoms with van der Waals surface area (Å²) in [7, 11) is 1.57. The summed E-state index contributed by atoms with van der Waals surface area (Å²) in [5, 5.41) is 0. The third-order valence-corrected chi connectivity index (χ3v) is 3.60. The van der Waals surface area contributed by atoms with E-state index in [9.17, 15) is 9.18 Å². The van der Waals surface area contributed by atoms with Gasteiger partial charge in [-0.1, -0.05) is 6.07 Å². The maximum Gasteiger partial charge on any atom is 0.223 e. The van der Waals surface area contributed by atoms with Crippen molar-refractivity contribution in [3.05, 3.63) is 23.8 Å². The van der Waals surface area contributed by atoms with Crippen LogP contribution in [-0.2, 0) is 4.79 Å². The lowest BCUT2D eigenvalue weighted by atomic mass is 9.88. The molecule has 0 radical (unpaired) electrons. The van der Waals surface area contributed by atoms with Gasteiger partial charge in [0.05, 0.1) is 12.8 Å². The molecule has 4 nitrogen and oxygen atoms in total. The lowest BCUT2D eigenvalue weighted by molar-refractivity contribution is -0.134. The number of anilines is 1. The summed E-state index contributed by atoms with van der Waals surface area (Å²) in [4.78, 5) is 13.5. The Balaban J connectivity index is 2.10. The van der Waals surface area contributed by atoms with E-state index in [0.29, 0.717) is 24.4 Å². The average molecular weight is 266 g/mol. The number of methoxy groups -OCH3 is 1. The molecular weight excluding hydrogens is 247 g/mol. The van der Waals surface area contributed by atoms with E-state index in [4.69, 9.17) is 10.5 Å². The van der Waals surface area contributed by atoms with Gasteiger partial charge in [0.15, 0.2) is 0 Å². The van der Waals surface area contributed by atoms with Crippen LogP contribution < -0.4 is 10.5 Å². The highest BCUT2D eigenvalue weighted by atomic mass is 19.1. The van der Waals surface area contributed by atoms with Crippen molar-refractivity contribution < 1.29 is 13.9 Å². The highest BCUT2D eigenvalue weighted by Gasteiger charge is 2.26. The highest BCUT2D eigenvalue weighted by Crippen LogP contribution is 2.32. The monoisotopic (exact) mass is 266 g/mol. The number of hydrogen-bond acceptors (Lipinski definition) is 3. The minimum Gasteiger partial charge on any atom is -0.495 e. The number of hydrogen-bond donors (Lipinski definition) is 1. The summed E-state index contributed by atoms with van der Waals surface area (Å²) in [6.45, 7) is 0.336. The number of rotatable bonds is 4. The van der Waals surface area contributed by atoms with Crippen LogP contribution >= 0.6 is 0 Å². The first-order valence-electron chi connectivity index (χ1n) is 6.43. The van der Waals surface area contributed by atoms with Crippen molar-refractivity contribution in [2.45, 2.75) is 18.8 Å². The normalized spacial score (nSPS) is 19.6. The van der Waals surface area contributed by atoms with Crippen molar-refractivity contribution in [1.29, 1.82) is 0 Å². The lowest BCUT2D eigenvalue weighted by Gasteiger charge is -2.31. The summed E-state index contributed by atoms with van der Waals surface area (Å²) in [6.07, 6.45) is 1.27. The minimum absolute atomic E-state index is 0.0182. The molecule has 0 aliphatic carbocycles. The second kappa shape index (κ2) is 5.91. The standard InChI is InChI=1S/C14H19FN2O2/c1-19-13-8-10(2-3-12(13)16)11-4-6-17(7-5-15)14(18)9-11/h2-3,8,11H,4-7,9,16H2,1H3. The van der Waals surface area contributed by atoms with Crippen molar-refractivity contribution in [2.75, 3.05) is 32.6 Å². The Bertz CT molecular complexity index is 465. The molecule has 1 atom stereocenters. The van der Waals surface area contributed by atoms with E-state index in [1.165, 1.54) is 0 Å². The van der Waals surface area contributed by atoms with Crippen molar-refractivity contribution in [3.63, 3.8) is 0 Å². The molecule has 1 amide bonds. The highest BCUT2D eigenvalue weighted by molar-refractivity contribution is 5.78. The minimum atomic E-state index is -0.480. The summed E-state index contributed by atoms with van der Waals surface area (Å²) < 4.78 is 17.5. The summed E-state index contributed by atoms with van der Waals surface area (Å²) in [5.74, 6) is 0.818. The second-order valence-electron chi connectivity index (χ2n) is 4.76. The first-order chi connectivity index (χ1) is 9.15. The first kappa shape index (κ1) is 13.6. The number of nitrogen functional groups attached to an aromatic ring is 1. The van der Waals surface area contributed by atoms with Crippen LogP contribution in [0.4, 0.5) is 10.1 Å². The third kappa shape index (κ3) is 2.97. The first-order valence-corrected chi connectivity index (χ1v) is 6.43. The van der Waals surface area contributed by atoms with Crippen LogP contribution in [0.5, 0.6) is 5.75 Å². The fourth-order valence-corrected chi connectivity index (χ4v) is 2.48. The Labute approximate surface area is 112 Å². The molecule has 5 heteroatoms. The molecule has 1 aromatic rings. The summed E-state index contributed by atoms with van der Waals surface area (Å²) in [5.41, 5.74) is 7.42. The largest absolute Gasteiger partial charge is 0.495 e. The number of benzene rings is 1.